The second-order valence-electron chi connectivity index (χ2n) is 5.07. The summed E-state index contributed by atoms with van der Waals surface area (Å²) in [6.45, 7) is 6.95. The van der Waals surface area contributed by atoms with Crippen molar-refractivity contribution < 1.29 is 4.39 Å². The molecule has 1 heterocycles. The van der Waals surface area contributed by atoms with Gasteiger partial charge in [0.2, 0.25) is 0 Å². The summed E-state index contributed by atoms with van der Waals surface area (Å²) in [5, 5.41) is 0. The number of nitrogens with two attached hydrogens (primary N) is 1. The van der Waals surface area contributed by atoms with E-state index >= 15 is 0 Å². The van der Waals surface area contributed by atoms with Gasteiger partial charge < -0.3 is 10.6 Å². The molecule has 2 N–H and O–H groups in total. The molecule has 0 spiro atoms. The summed E-state index contributed by atoms with van der Waals surface area (Å²) >= 11 is 1.98. The number of nitrogens with zero attached hydrogens (tertiary/aromatic N) is 1. The second kappa shape index (κ2) is 5.49. The van der Waals surface area contributed by atoms with Crippen LogP contribution in [0, 0.1) is 12.7 Å². The number of aryl methyl sites for hydroxylation is 1. The highest BCUT2D eigenvalue weighted by Gasteiger charge is 2.23. The van der Waals surface area contributed by atoms with E-state index in [0.717, 1.165) is 29.3 Å². The molecular weight excluding hydrogens is 247 g/mol. The van der Waals surface area contributed by atoms with Crippen molar-refractivity contribution in [3.05, 3.63) is 29.1 Å². The van der Waals surface area contributed by atoms with Crippen molar-refractivity contribution in [2.45, 2.75) is 32.9 Å². The molecule has 0 aromatic heterocycles. The maximum absolute atomic E-state index is 13.7. The van der Waals surface area contributed by atoms with E-state index in [1.54, 1.807) is 6.07 Å². The van der Waals surface area contributed by atoms with E-state index < -0.39 is 0 Å². The van der Waals surface area contributed by atoms with Gasteiger partial charge in [-0.3, -0.25) is 0 Å². The van der Waals surface area contributed by atoms with Crippen LogP contribution >= 0.6 is 11.8 Å². The molecule has 2 rings (SSSR count). The summed E-state index contributed by atoms with van der Waals surface area (Å²) in [5.41, 5.74) is 8.70. The van der Waals surface area contributed by atoms with Crippen LogP contribution in [0.2, 0.25) is 0 Å². The summed E-state index contributed by atoms with van der Waals surface area (Å²) in [5.74, 6) is 2.08. The number of benzene rings is 1. The Balaban J connectivity index is 2.44. The molecule has 1 fully saturated rings. The largest absolute Gasteiger partial charge is 0.367 e. The second-order valence-corrected chi connectivity index (χ2v) is 6.22. The zero-order chi connectivity index (χ0) is 13.3. The first-order chi connectivity index (χ1) is 8.50. The van der Waals surface area contributed by atoms with Crippen molar-refractivity contribution in [3.63, 3.8) is 0 Å². The molecule has 0 radical (unpaired) electrons. The Hall–Kier alpha value is -0.740. The molecule has 1 aromatic rings. The zero-order valence-electron chi connectivity index (χ0n) is 11.2. The van der Waals surface area contributed by atoms with Crippen LogP contribution in [-0.4, -0.2) is 24.1 Å². The average Bonchev–Trinajstić information content (AvgIpc) is 2.32. The Kier molecular flexibility index (Phi) is 4.17. The molecule has 0 aliphatic carbocycles. The van der Waals surface area contributed by atoms with Crippen molar-refractivity contribution in [2.24, 2.45) is 5.73 Å². The highest BCUT2D eigenvalue weighted by atomic mass is 32.2. The van der Waals surface area contributed by atoms with Gasteiger partial charge in [-0.15, -0.1) is 0 Å². The third-order valence-electron chi connectivity index (χ3n) is 3.48. The van der Waals surface area contributed by atoms with Gasteiger partial charge in [0.05, 0.1) is 0 Å². The molecule has 1 aliphatic rings. The molecule has 1 aromatic carbocycles. The quantitative estimate of drug-likeness (QED) is 0.893. The molecule has 0 bridgehead atoms. The number of thioether (sulfide) groups is 1. The van der Waals surface area contributed by atoms with E-state index in [2.05, 4.69) is 11.8 Å². The fourth-order valence-corrected chi connectivity index (χ4v) is 3.39. The van der Waals surface area contributed by atoms with Crippen LogP contribution in [0.3, 0.4) is 0 Å². The van der Waals surface area contributed by atoms with E-state index in [9.17, 15) is 4.39 Å². The minimum Gasteiger partial charge on any atom is -0.367 e. The predicted octanol–water partition coefficient (Wildman–Crippen LogP) is 3.10. The number of rotatable bonds is 2. The number of anilines is 1. The fraction of sp³-hybridized carbons (Fsp3) is 0.571. The van der Waals surface area contributed by atoms with Gasteiger partial charge in [-0.1, -0.05) is 0 Å². The van der Waals surface area contributed by atoms with Gasteiger partial charge >= 0.3 is 0 Å². The van der Waals surface area contributed by atoms with Gasteiger partial charge in [-0.25, -0.2) is 4.39 Å². The SMILES string of the molecule is Cc1cc(N2CCSCC2C)c(C(C)N)cc1F. The van der Waals surface area contributed by atoms with Gasteiger partial charge in [0.1, 0.15) is 5.82 Å². The molecule has 2 nitrogen and oxygen atoms in total. The van der Waals surface area contributed by atoms with Crippen molar-refractivity contribution in [1.29, 1.82) is 0 Å². The topological polar surface area (TPSA) is 29.3 Å². The maximum Gasteiger partial charge on any atom is 0.126 e. The lowest BCUT2D eigenvalue weighted by molar-refractivity contribution is 0.610. The number of hydrogen-bond donors (Lipinski definition) is 1. The van der Waals surface area contributed by atoms with Crippen LogP contribution in [0.4, 0.5) is 10.1 Å². The normalized spacial score (nSPS) is 22.1. The summed E-state index contributed by atoms with van der Waals surface area (Å²) in [4.78, 5) is 2.36. The van der Waals surface area contributed by atoms with E-state index in [1.807, 2.05) is 31.7 Å². The van der Waals surface area contributed by atoms with Crippen LogP contribution in [0.15, 0.2) is 12.1 Å². The van der Waals surface area contributed by atoms with Crippen LogP contribution in [0.5, 0.6) is 0 Å². The van der Waals surface area contributed by atoms with E-state index in [4.69, 9.17) is 5.73 Å². The Morgan fingerprint density at radius 1 is 1.50 bits per heavy atom. The van der Waals surface area contributed by atoms with Gasteiger partial charge in [0.15, 0.2) is 0 Å². The smallest absolute Gasteiger partial charge is 0.126 e. The molecule has 0 amide bonds. The Labute approximate surface area is 113 Å². The molecular formula is C14H21FN2S. The minimum absolute atomic E-state index is 0.142. The predicted molar refractivity (Wildman–Crippen MR) is 77.9 cm³/mol. The zero-order valence-corrected chi connectivity index (χ0v) is 12.1. The summed E-state index contributed by atoms with van der Waals surface area (Å²) in [7, 11) is 0. The lowest BCUT2D eigenvalue weighted by atomic mass is 10.0. The molecule has 1 aliphatic heterocycles. The van der Waals surface area contributed by atoms with E-state index in [-0.39, 0.29) is 11.9 Å². The average molecular weight is 268 g/mol. The molecule has 0 saturated carbocycles. The van der Waals surface area contributed by atoms with Gasteiger partial charge in [0, 0.05) is 35.8 Å². The first-order valence-electron chi connectivity index (χ1n) is 6.40. The lowest BCUT2D eigenvalue weighted by Gasteiger charge is -2.37. The third kappa shape index (κ3) is 2.64. The molecule has 4 heteroatoms. The monoisotopic (exact) mass is 268 g/mol. The van der Waals surface area contributed by atoms with Crippen molar-refractivity contribution in [3.8, 4) is 0 Å². The Morgan fingerprint density at radius 2 is 2.22 bits per heavy atom. The van der Waals surface area contributed by atoms with E-state index in [0.29, 0.717) is 11.6 Å². The molecule has 1 saturated heterocycles. The fourth-order valence-electron chi connectivity index (χ4n) is 2.38. The van der Waals surface area contributed by atoms with Crippen molar-refractivity contribution >= 4 is 17.4 Å². The highest BCUT2D eigenvalue weighted by Crippen LogP contribution is 2.32. The van der Waals surface area contributed by atoms with Crippen LogP contribution in [0.25, 0.3) is 0 Å². The number of hydrogen-bond acceptors (Lipinski definition) is 3. The third-order valence-corrected chi connectivity index (χ3v) is 4.66. The standard InChI is InChI=1S/C14H21FN2S/c1-9-6-14(12(11(3)16)7-13(9)15)17-4-5-18-8-10(17)2/h6-7,10-11H,4-5,8,16H2,1-3H3. The highest BCUT2D eigenvalue weighted by molar-refractivity contribution is 7.99. The van der Waals surface area contributed by atoms with Crippen molar-refractivity contribution in [1.82, 2.24) is 0 Å². The number of halogens is 1. The maximum atomic E-state index is 13.7. The molecule has 18 heavy (non-hydrogen) atoms. The van der Waals surface area contributed by atoms with E-state index in [1.165, 1.54) is 0 Å². The van der Waals surface area contributed by atoms with Crippen LogP contribution in [0.1, 0.15) is 31.0 Å². The Morgan fingerprint density at radius 3 is 2.83 bits per heavy atom. The summed E-state index contributed by atoms with van der Waals surface area (Å²) in [6, 6.07) is 3.88. The van der Waals surface area contributed by atoms with Gasteiger partial charge in [-0.2, -0.15) is 11.8 Å². The summed E-state index contributed by atoms with van der Waals surface area (Å²) < 4.78 is 13.7. The summed E-state index contributed by atoms with van der Waals surface area (Å²) in [6.07, 6.45) is 0. The molecule has 2 atom stereocenters. The molecule has 100 valence electrons. The minimum atomic E-state index is -0.162. The first-order valence-corrected chi connectivity index (χ1v) is 7.56. The van der Waals surface area contributed by atoms with Gasteiger partial charge in [0.25, 0.3) is 0 Å². The lowest BCUT2D eigenvalue weighted by Crippen LogP contribution is -2.41. The molecule has 2 unspecified atom stereocenters. The van der Waals surface area contributed by atoms with Crippen LogP contribution < -0.4 is 10.6 Å². The van der Waals surface area contributed by atoms with Crippen molar-refractivity contribution in [2.75, 3.05) is 23.0 Å². The van der Waals surface area contributed by atoms with Gasteiger partial charge in [-0.05, 0) is 44.0 Å². The Bertz CT molecular complexity index is 434. The first kappa shape index (κ1) is 13.7. The van der Waals surface area contributed by atoms with Crippen LogP contribution in [-0.2, 0) is 0 Å².